The summed E-state index contributed by atoms with van der Waals surface area (Å²) in [4.78, 5) is 18.3. The lowest BCUT2D eigenvalue weighted by Gasteiger charge is -2.25. The number of amides is 1. The molecule has 1 aliphatic rings. The number of hydrogen-bond acceptors (Lipinski definition) is 3. The van der Waals surface area contributed by atoms with Crippen LogP contribution in [0.3, 0.4) is 0 Å². The van der Waals surface area contributed by atoms with E-state index in [1.807, 2.05) is 19.1 Å². The second-order valence-electron chi connectivity index (χ2n) is 4.89. The standard InChI is InChI=1S/C14H21N3O/c1-12-5-6-13(11-15-12)16-14(18)7-10-17-8-3-2-4-9-17/h5-6,11H,2-4,7-10H2,1H3,(H,16,18). The van der Waals surface area contributed by atoms with Gasteiger partial charge in [-0.15, -0.1) is 0 Å². The monoisotopic (exact) mass is 247 g/mol. The van der Waals surface area contributed by atoms with Gasteiger partial charge in [0.1, 0.15) is 0 Å². The van der Waals surface area contributed by atoms with Gasteiger partial charge in [0.2, 0.25) is 5.91 Å². The highest BCUT2D eigenvalue weighted by molar-refractivity contribution is 5.90. The van der Waals surface area contributed by atoms with E-state index in [0.717, 1.165) is 31.0 Å². The average Bonchev–Trinajstić information content (AvgIpc) is 2.40. The number of carbonyl (C=O) groups is 1. The number of aryl methyl sites for hydroxylation is 1. The predicted molar refractivity (Wildman–Crippen MR) is 72.5 cm³/mol. The molecule has 2 heterocycles. The maximum absolute atomic E-state index is 11.8. The van der Waals surface area contributed by atoms with E-state index in [0.29, 0.717) is 6.42 Å². The maximum atomic E-state index is 11.8. The van der Waals surface area contributed by atoms with E-state index in [4.69, 9.17) is 0 Å². The minimum atomic E-state index is 0.0752. The van der Waals surface area contributed by atoms with Crippen molar-refractivity contribution in [1.82, 2.24) is 9.88 Å². The van der Waals surface area contributed by atoms with Crippen molar-refractivity contribution < 1.29 is 4.79 Å². The van der Waals surface area contributed by atoms with Crippen molar-refractivity contribution in [3.05, 3.63) is 24.0 Å². The van der Waals surface area contributed by atoms with Crippen molar-refractivity contribution >= 4 is 11.6 Å². The van der Waals surface area contributed by atoms with Crippen LogP contribution in [0, 0.1) is 6.92 Å². The lowest BCUT2D eigenvalue weighted by Crippen LogP contribution is -2.32. The van der Waals surface area contributed by atoms with Crippen LogP contribution in [0.2, 0.25) is 0 Å². The second kappa shape index (κ2) is 6.50. The molecule has 1 fully saturated rings. The number of nitrogens with zero attached hydrogens (tertiary/aromatic N) is 2. The smallest absolute Gasteiger partial charge is 0.225 e. The van der Waals surface area contributed by atoms with Crippen LogP contribution in [-0.2, 0) is 4.79 Å². The van der Waals surface area contributed by atoms with Gasteiger partial charge in [0.15, 0.2) is 0 Å². The number of aromatic nitrogens is 1. The molecule has 1 aliphatic heterocycles. The molecule has 0 spiro atoms. The van der Waals surface area contributed by atoms with Crippen molar-refractivity contribution in [3.63, 3.8) is 0 Å². The highest BCUT2D eigenvalue weighted by Gasteiger charge is 2.11. The van der Waals surface area contributed by atoms with Gasteiger partial charge in [0.25, 0.3) is 0 Å². The van der Waals surface area contributed by atoms with Crippen molar-refractivity contribution in [2.24, 2.45) is 0 Å². The fourth-order valence-electron chi connectivity index (χ4n) is 2.21. The summed E-state index contributed by atoms with van der Waals surface area (Å²) >= 11 is 0. The van der Waals surface area contributed by atoms with E-state index < -0.39 is 0 Å². The summed E-state index contributed by atoms with van der Waals surface area (Å²) < 4.78 is 0. The third-order valence-electron chi connectivity index (χ3n) is 3.30. The van der Waals surface area contributed by atoms with Gasteiger partial charge in [-0.1, -0.05) is 6.42 Å². The topological polar surface area (TPSA) is 45.2 Å². The lowest BCUT2D eigenvalue weighted by molar-refractivity contribution is -0.116. The van der Waals surface area contributed by atoms with Gasteiger partial charge >= 0.3 is 0 Å². The minimum Gasteiger partial charge on any atom is -0.325 e. The molecule has 1 amide bonds. The summed E-state index contributed by atoms with van der Waals surface area (Å²) in [6, 6.07) is 3.79. The Balaban J connectivity index is 1.73. The molecule has 0 radical (unpaired) electrons. The van der Waals surface area contributed by atoms with E-state index in [1.165, 1.54) is 19.3 Å². The molecule has 0 aliphatic carbocycles. The van der Waals surface area contributed by atoms with Gasteiger partial charge < -0.3 is 10.2 Å². The Labute approximate surface area is 108 Å². The highest BCUT2D eigenvalue weighted by atomic mass is 16.1. The van der Waals surface area contributed by atoms with E-state index >= 15 is 0 Å². The van der Waals surface area contributed by atoms with Crippen LogP contribution in [0.25, 0.3) is 0 Å². The Morgan fingerprint density at radius 3 is 2.78 bits per heavy atom. The van der Waals surface area contributed by atoms with Crippen molar-refractivity contribution in [1.29, 1.82) is 0 Å². The zero-order chi connectivity index (χ0) is 12.8. The van der Waals surface area contributed by atoms with Gasteiger partial charge in [0.05, 0.1) is 11.9 Å². The van der Waals surface area contributed by atoms with Gasteiger partial charge in [-0.25, -0.2) is 0 Å². The lowest BCUT2D eigenvalue weighted by atomic mass is 10.1. The molecule has 1 aromatic heterocycles. The first-order chi connectivity index (χ1) is 8.74. The Hall–Kier alpha value is -1.42. The zero-order valence-electron chi connectivity index (χ0n) is 11.0. The number of rotatable bonds is 4. The van der Waals surface area contributed by atoms with Crippen LogP contribution in [0.1, 0.15) is 31.4 Å². The van der Waals surface area contributed by atoms with Crippen LogP contribution in [0.15, 0.2) is 18.3 Å². The molecule has 0 aromatic carbocycles. The van der Waals surface area contributed by atoms with Crippen LogP contribution in [-0.4, -0.2) is 35.4 Å². The van der Waals surface area contributed by atoms with Crippen LogP contribution in [0.4, 0.5) is 5.69 Å². The third-order valence-corrected chi connectivity index (χ3v) is 3.30. The first-order valence-corrected chi connectivity index (χ1v) is 6.69. The van der Waals surface area contributed by atoms with Gasteiger partial charge in [0, 0.05) is 18.7 Å². The van der Waals surface area contributed by atoms with Crippen LogP contribution >= 0.6 is 0 Å². The third kappa shape index (κ3) is 4.11. The summed E-state index contributed by atoms with van der Waals surface area (Å²) in [5.41, 5.74) is 1.74. The number of nitrogens with one attached hydrogen (secondary N) is 1. The molecule has 2 rings (SSSR count). The largest absolute Gasteiger partial charge is 0.325 e. The highest BCUT2D eigenvalue weighted by Crippen LogP contribution is 2.10. The Kier molecular flexibility index (Phi) is 4.70. The molecule has 0 saturated carbocycles. The van der Waals surface area contributed by atoms with Gasteiger partial charge in [-0.05, 0) is 45.0 Å². The molecule has 4 nitrogen and oxygen atoms in total. The molecule has 0 atom stereocenters. The number of piperidine rings is 1. The summed E-state index contributed by atoms with van der Waals surface area (Å²) in [7, 11) is 0. The quantitative estimate of drug-likeness (QED) is 0.887. The molecule has 0 bridgehead atoms. The van der Waals surface area contributed by atoms with E-state index in [9.17, 15) is 4.79 Å². The number of hydrogen-bond donors (Lipinski definition) is 1. The van der Waals surface area contributed by atoms with Crippen LogP contribution < -0.4 is 5.32 Å². The number of carbonyl (C=O) groups excluding carboxylic acids is 1. The van der Waals surface area contributed by atoms with Crippen molar-refractivity contribution in [3.8, 4) is 0 Å². The number of anilines is 1. The Morgan fingerprint density at radius 2 is 2.11 bits per heavy atom. The summed E-state index contributed by atoms with van der Waals surface area (Å²) in [5.74, 6) is 0.0752. The first kappa shape index (κ1) is 13.0. The minimum absolute atomic E-state index is 0.0752. The zero-order valence-corrected chi connectivity index (χ0v) is 11.0. The predicted octanol–water partition coefficient (Wildman–Crippen LogP) is 2.20. The molecule has 98 valence electrons. The molecule has 4 heteroatoms. The number of pyridine rings is 1. The second-order valence-corrected chi connectivity index (χ2v) is 4.89. The first-order valence-electron chi connectivity index (χ1n) is 6.69. The Bertz CT molecular complexity index is 383. The molecule has 1 saturated heterocycles. The van der Waals surface area contributed by atoms with Gasteiger partial charge in [-0.2, -0.15) is 0 Å². The molecular weight excluding hydrogens is 226 g/mol. The SMILES string of the molecule is Cc1ccc(NC(=O)CCN2CCCCC2)cn1. The summed E-state index contributed by atoms with van der Waals surface area (Å²) in [6.45, 7) is 5.08. The fourth-order valence-corrected chi connectivity index (χ4v) is 2.21. The fraction of sp³-hybridized carbons (Fsp3) is 0.571. The Morgan fingerprint density at radius 1 is 1.33 bits per heavy atom. The molecular formula is C14H21N3O. The molecule has 0 unspecified atom stereocenters. The summed E-state index contributed by atoms with van der Waals surface area (Å²) in [5, 5.41) is 2.88. The average molecular weight is 247 g/mol. The molecule has 1 aromatic rings. The van der Waals surface area contributed by atoms with Gasteiger partial charge in [-0.3, -0.25) is 9.78 Å². The van der Waals surface area contributed by atoms with Crippen LogP contribution in [0.5, 0.6) is 0 Å². The summed E-state index contributed by atoms with van der Waals surface area (Å²) in [6.07, 6.45) is 6.13. The van der Waals surface area contributed by atoms with E-state index in [1.54, 1.807) is 6.20 Å². The van der Waals surface area contributed by atoms with E-state index in [-0.39, 0.29) is 5.91 Å². The van der Waals surface area contributed by atoms with Crippen molar-refractivity contribution in [2.45, 2.75) is 32.6 Å². The number of likely N-dealkylation sites (tertiary alicyclic amines) is 1. The van der Waals surface area contributed by atoms with Crippen molar-refractivity contribution in [2.75, 3.05) is 25.0 Å². The normalized spacial score (nSPS) is 16.5. The van der Waals surface area contributed by atoms with E-state index in [2.05, 4.69) is 15.2 Å². The molecule has 18 heavy (non-hydrogen) atoms. The molecule has 1 N–H and O–H groups in total. The maximum Gasteiger partial charge on any atom is 0.225 e.